The van der Waals surface area contributed by atoms with Crippen LogP contribution in [0.4, 0.5) is 0 Å². The van der Waals surface area contributed by atoms with Gasteiger partial charge in [0.1, 0.15) is 24.4 Å². The van der Waals surface area contributed by atoms with Crippen LogP contribution >= 0.6 is 0 Å². The molecule has 0 aromatic heterocycles. The lowest BCUT2D eigenvalue weighted by Gasteiger charge is -2.28. The van der Waals surface area contributed by atoms with Crippen LogP contribution < -0.4 is 5.32 Å². The number of rotatable bonds is 8. The number of ether oxygens (including phenoxy) is 4. The van der Waals surface area contributed by atoms with Crippen molar-refractivity contribution in [1.82, 2.24) is 5.32 Å². The van der Waals surface area contributed by atoms with E-state index >= 15 is 0 Å². The van der Waals surface area contributed by atoms with E-state index < -0.39 is 30.6 Å². The number of hydrogen-bond acceptors (Lipinski definition) is 6. The fourth-order valence-corrected chi connectivity index (χ4v) is 2.43. The van der Waals surface area contributed by atoms with Gasteiger partial charge >= 0.3 is 0 Å². The van der Waals surface area contributed by atoms with Crippen molar-refractivity contribution in [3.8, 4) is 0 Å². The van der Waals surface area contributed by atoms with Crippen LogP contribution in [0.1, 0.15) is 34.6 Å². The summed E-state index contributed by atoms with van der Waals surface area (Å²) >= 11 is 0. The summed E-state index contributed by atoms with van der Waals surface area (Å²) in [7, 11) is 1.47. The van der Waals surface area contributed by atoms with Crippen LogP contribution in [-0.4, -0.2) is 67.6 Å². The van der Waals surface area contributed by atoms with Gasteiger partial charge in [0.15, 0.2) is 6.29 Å². The summed E-state index contributed by atoms with van der Waals surface area (Å²) in [5, 5.41) is 13.2. The van der Waals surface area contributed by atoms with E-state index in [0.29, 0.717) is 6.61 Å². The van der Waals surface area contributed by atoms with Crippen LogP contribution in [0.3, 0.4) is 0 Å². The predicted octanol–water partition coefficient (Wildman–Crippen LogP) is 0.442. The first-order chi connectivity index (χ1) is 10.3. The van der Waals surface area contributed by atoms with Gasteiger partial charge in [0, 0.05) is 14.0 Å². The number of nitrogens with one attached hydrogen (secondary N) is 1. The lowest BCUT2D eigenvalue weighted by molar-refractivity contribution is -0.179. The van der Waals surface area contributed by atoms with Gasteiger partial charge in [-0.1, -0.05) is 0 Å². The molecular weight excluding hydrogens is 290 g/mol. The van der Waals surface area contributed by atoms with Crippen molar-refractivity contribution in [1.29, 1.82) is 0 Å². The maximum atomic E-state index is 11.3. The zero-order chi connectivity index (χ0) is 16.9. The molecule has 0 bridgehead atoms. The van der Waals surface area contributed by atoms with E-state index in [0.717, 1.165) is 0 Å². The average Bonchev–Trinajstić information content (AvgIpc) is 2.71. The van der Waals surface area contributed by atoms with Crippen LogP contribution in [0.25, 0.3) is 0 Å². The first-order valence-electron chi connectivity index (χ1n) is 7.66. The van der Waals surface area contributed by atoms with Gasteiger partial charge < -0.3 is 29.4 Å². The highest BCUT2D eigenvalue weighted by atomic mass is 16.7. The second-order valence-corrected chi connectivity index (χ2v) is 6.03. The number of aliphatic hydroxyl groups is 1. The Morgan fingerprint density at radius 1 is 1.27 bits per heavy atom. The Hall–Kier alpha value is -0.730. The zero-order valence-electron chi connectivity index (χ0n) is 14.2. The summed E-state index contributed by atoms with van der Waals surface area (Å²) < 4.78 is 22.4. The van der Waals surface area contributed by atoms with Crippen molar-refractivity contribution in [3.05, 3.63) is 0 Å². The molecule has 1 fully saturated rings. The Labute approximate surface area is 132 Å². The molecule has 1 aliphatic heterocycles. The Balaban J connectivity index is 2.81. The third kappa shape index (κ3) is 5.48. The van der Waals surface area contributed by atoms with Gasteiger partial charge in [0.25, 0.3) is 0 Å². The highest BCUT2D eigenvalue weighted by Crippen LogP contribution is 2.26. The van der Waals surface area contributed by atoms with Crippen LogP contribution in [0, 0.1) is 0 Å². The van der Waals surface area contributed by atoms with Gasteiger partial charge in [-0.3, -0.25) is 4.79 Å². The van der Waals surface area contributed by atoms with Crippen LogP contribution in [0.5, 0.6) is 0 Å². The summed E-state index contributed by atoms with van der Waals surface area (Å²) in [5.74, 6) is -0.255. The topological polar surface area (TPSA) is 86.2 Å². The Morgan fingerprint density at radius 2 is 1.91 bits per heavy atom. The van der Waals surface area contributed by atoms with E-state index in [1.165, 1.54) is 14.0 Å². The summed E-state index contributed by atoms with van der Waals surface area (Å²) in [6.45, 7) is 9.34. The lowest BCUT2D eigenvalue weighted by Crippen LogP contribution is -2.50. The highest BCUT2D eigenvalue weighted by molar-refractivity contribution is 5.73. The largest absolute Gasteiger partial charge is 0.388 e. The molecule has 130 valence electrons. The molecule has 0 unspecified atom stereocenters. The van der Waals surface area contributed by atoms with Crippen LogP contribution in [0.15, 0.2) is 0 Å². The molecular formula is C15H29NO6. The standard InChI is InChI=1S/C15H29NO6/c1-8(2)20-7-11(21-9(3)4)14-13(18)12(16-10(5)17)15(19-6)22-14/h8-9,11-15,18H,7H2,1-6H3,(H,16,17)/t11-,12-,13-,14+,15-/m1/s1. The normalized spacial score (nSPS) is 30.0. The minimum absolute atomic E-state index is 0.0428. The fourth-order valence-electron chi connectivity index (χ4n) is 2.43. The monoisotopic (exact) mass is 319 g/mol. The van der Waals surface area contributed by atoms with Crippen molar-refractivity contribution in [2.75, 3.05) is 13.7 Å². The fraction of sp³-hybridized carbons (Fsp3) is 0.933. The number of hydrogen-bond donors (Lipinski definition) is 2. The molecule has 0 spiro atoms. The average molecular weight is 319 g/mol. The molecule has 22 heavy (non-hydrogen) atoms. The van der Waals surface area contributed by atoms with Crippen LogP contribution in [-0.2, 0) is 23.7 Å². The van der Waals surface area contributed by atoms with E-state index in [9.17, 15) is 9.90 Å². The minimum atomic E-state index is -0.937. The Bertz CT molecular complexity index is 349. The third-order valence-corrected chi connectivity index (χ3v) is 3.30. The van der Waals surface area contributed by atoms with Gasteiger partial charge in [-0.05, 0) is 27.7 Å². The van der Waals surface area contributed by atoms with Gasteiger partial charge in [-0.2, -0.15) is 0 Å². The maximum absolute atomic E-state index is 11.3. The smallest absolute Gasteiger partial charge is 0.217 e. The summed E-state index contributed by atoms with van der Waals surface area (Å²) in [6.07, 6.45) is -2.75. The number of carbonyl (C=O) groups excluding carboxylic acids is 1. The Kier molecular flexibility index (Phi) is 7.71. The molecule has 0 aromatic carbocycles. The van der Waals surface area contributed by atoms with Gasteiger partial charge in [0.05, 0.1) is 18.8 Å². The molecule has 1 amide bonds. The van der Waals surface area contributed by atoms with Gasteiger partial charge in [0.2, 0.25) is 5.91 Å². The van der Waals surface area contributed by atoms with Gasteiger partial charge in [-0.15, -0.1) is 0 Å². The van der Waals surface area contributed by atoms with Crippen molar-refractivity contribution in [2.24, 2.45) is 0 Å². The molecule has 0 radical (unpaired) electrons. The minimum Gasteiger partial charge on any atom is -0.388 e. The summed E-state index contributed by atoms with van der Waals surface area (Å²) in [6, 6.07) is -0.634. The molecule has 7 heteroatoms. The second-order valence-electron chi connectivity index (χ2n) is 6.03. The van der Waals surface area contributed by atoms with E-state index in [4.69, 9.17) is 18.9 Å². The van der Waals surface area contributed by atoms with E-state index in [1.54, 1.807) is 0 Å². The highest BCUT2D eigenvalue weighted by Gasteiger charge is 2.48. The molecule has 0 aliphatic carbocycles. The molecule has 0 aromatic rings. The first-order valence-corrected chi connectivity index (χ1v) is 7.66. The molecule has 0 saturated carbocycles. The molecule has 1 rings (SSSR count). The zero-order valence-corrected chi connectivity index (χ0v) is 14.2. The molecule has 7 nitrogen and oxygen atoms in total. The van der Waals surface area contributed by atoms with Crippen LogP contribution in [0.2, 0.25) is 0 Å². The Morgan fingerprint density at radius 3 is 2.36 bits per heavy atom. The molecule has 1 heterocycles. The molecule has 1 aliphatic rings. The molecule has 2 N–H and O–H groups in total. The van der Waals surface area contributed by atoms with E-state index in [-0.39, 0.29) is 18.1 Å². The van der Waals surface area contributed by atoms with Crippen molar-refractivity contribution in [2.45, 2.75) is 77.5 Å². The third-order valence-electron chi connectivity index (χ3n) is 3.30. The quantitative estimate of drug-likeness (QED) is 0.675. The van der Waals surface area contributed by atoms with Gasteiger partial charge in [-0.25, -0.2) is 0 Å². The SMILES string of the molecule is CO[C@@H]1O[C@@H]([C@@H](COC(C)C)OC(C)C)[C@H](O)[C@H]1NC(C)=O. The lowest BCUT2D eigenvalue weighted by atomic mass is 10.0. The van der Waals surface area contributed by atoms with Crippen molar-refractivity contribution >= 4 is 5.91 Å². The number of aliphatic hydroxyl groups excluding tert-OH is 1. The van der Waals surface area contributed by atoms with E-state index in [1.807, 2.05) is 27.7 Å². The van der Waals surface area contributed by atoms with E-state index in [2.05, 4.69) is 5.32 Å². The molecule has 1 saturated heterocycles. The molecule has 5 atom stereocenters. The number of methoxy groups -OCH3 is 1. The van der Waals surface area contributed by atoms with Crippen molar-refractivity contribution in [3.63, 3.8) is 0 Å². The second kappa shape index (κ2) is 8.79. The first kappa shape index (κ1) is 19.3. The predicted molar refractivity (Wildman–Crippen MR) is 80.4 cm³/mol. The maximum Gasteiger partial charge on any atom is 0.217 e. The number of carbonyl (C=O) groups is 1. The summed E-state index contributed by atoms with van der Waals surface area (Å²) in [4.78, 5) is 11.3. The summed E-state index contributed by atoms with van der Waals surface area (Å²) in [5.41, 5.74) is 0. The van der Waals surface area contributed by atoms with Crippen molar-refractivity contribution < 1.29 is 28.8 Å². The number of amides is 1.